The van der Waals surface area contributed by atoms with E-state index in [4.69, 9.17) is 4.74 Å². The molecule has 0 heterocycles. The van der Waals surface area contributed by atoms with Crippen LogP contribution in [0, 0.1) is 13.8 Å². The van der Waals surface area contributed by atoms with Crippen molar-refractivity contribution in [2.24, 2.45) is 0 Å². The zero-order valence-corrected chi connectivity index (χ0v) is 8.91. The van der Waals surface area contributed by atoms with Crippen molar-refractivity contribution in [3.63, 3.8) is 0 Å². The van der Waals surface area contributed by atoms with Crippen LogP contribution in [0.25, 0.3) is 0 Å². The zero-order valence-electron chi connectivity index (χ0n) is 8.91. The summed E-state index contributed by atoms with van der Waals surface area (Å²) < 4.78 is 5.56. The Morgan fingerprint density at radius 3 is 2.64 bits per heavy atom. The first-order valence-corrected chi connectivity index (χ1v) is 4.81. The van der Waals surface area contributed by atoms with E-state index in [2.05, 4.69) is 6.92 Å². The lowest BCUT2D eigenvalue weighted by molar-refractivity contribution is -0.109. The topological polar surface area (TPSA) is 26.3 Å². The Hall–Kier alpha value is -1.31. The first-order chi connectivity index (χ1) is 6.63. The molecule has 0 aromatic heterocycles. The molecule has 0 N–H and O–H groups in total. The van der Waals surface area contributed by atoms with Gasteiger partial charge in [-0.3, -0.25) is 0 Å². The monoisotopic (exact) mass is 192 g/mol. The molecule has 1 aromatic carbocycles. The number of carbonyl (C=O) groups excluding carboxylic acids is 1. The third-order valence-electron chi connectivity index (χ3n) is 2.24. The molecule has 1 aromatic rings. The van der Waals surface area contributed by atoms with E-state index in [-0.39, 0.29) is 6.10 Å². The Morgan fingerprint density at radius 2 is 2.07 bits per heavy atom. The molecule has 0 aliphatic rings. The highest BCUT2D eigenvalue weighted by atomic mass is 16.5. The quantitative estimate of drug-likeness (QED) is 0.685. The second kappa shape index (κ2) is 4.80. The van der Waals surface area contributed by atoms with Crippen LogP contribution >= 0.6 is 0 Å². The van der Waals surface area contributed by atoms with Crippen LogP contribution in [0.3, 0.4) is 0 Å². The third kappa shape index (κ3) is 2.87. The van der Waals surface area contributed by atoms with Crippen LogP contribution in [-0.2, 0) is 4.79 Å². The van der Waals surface area contributed by atoms with E-state index < -0.39 is 0 Å². The van der Waals surface area contributed by atoms with Gasteiger partial charge in [-0.05, 0) is 44.0 Å². The lowest BCUT2D eigenvalue weighted by Crippen LogP contribution is -2.12. The largest absolute Gasteiger partial charge is 0.490 e. The van der Waals surface area contributed by atoms with Crippen LogP contribution in [-0.4, -0.2) is 12.4 Å². The molecule has 0 aliphatic carbocycles. The summed E-state index contributed by atoms with van der Waals surface area (Å²) in [4.78, 5) is 10.2. The summed E-state index contributed by atoms with van der Waals surface area (Å²) >= 11 is 0. The maximum Gasteiger partial charge on any atom is 0.123 e. The Balaban J connectivity index is 2.67. The minimum absolute atomic E-state index is 0.0467. The number of benzene rings is 1. The fraction of sp³-hybridized carbons (Fsp3) is 0.417. The van der Waals surface area contributed by atoms with Gasteiger partial charge >= 0.3 is 0 Å². The van der Waals surface area contributed by atoms with Gasteiger partial charge in [-0.15, -0.1) is 0 Å². The molecule has 0 fully saturated rings. The predicted octanol–water partition coefficient (Wildman–Crippen LogP) is 2.66. The molecule has 0 saturated heterocycles. The zero-order chi connectivity index (χ0) is 10.6. The van der Waals surface area contributed by atoms with Crippen molar-refractivity contribution in [3.05, 3.63) is 29.3 Å². The first-order valence-electron chi connectivity index (χ1n) is 4.81. The predicted molar refractivity (Wildman–Crippen MR) is 56.7 cm³/mol. The minimum atomic E-state index is -0.0467. The second-order valence-electron chi connectivity index (χ2n) is 3.58. The SMILES string of the molecule is Cc1ccc(OC(C)CC=O)cc1C. The molecule has 0 saturated carbocycles. The van der Waals surface area contributed by atoms with E-state index in [1.54, 1.807) is 0 Å². The molecule has 0 amide bonds. The fourth-order valence-electron chi connectivity index (χ4n) is 1.20. The molecule has 0 bridgehead atoms. The van der Waals surface area contributed by atoms with Crippen LogP contribution < -0.4 is 4.74 Å². The molecule has 0 radical (unpaired) electrons. The average molecular weight is 192 g/mol. The molecule has 1 rings (SSSR count). The Kier molecular flexibility index (Phi) is 3.69. The van der Waals surface area contributed by atoms with Gasteiger partial charge in [0.15, 0.2) is 0 Å². The molecule has 76 valence electrons. The van der Waals surface area contributed by atoms with Gasteiger partial charge in [0.25, 0.3) is 0 Å². The van der Waals surface area contributed by atoms with Gasteiger partial charge in [0.2, 0.25) is 0 Å². The number of aldehydes is 1. The van der Waals surface area contributed by atoms with E-state index in [9.17, 15) is 4.79 Å². The lowest BCUT2D eigenvalue weighted by Gasteiger charge is -2.12. The van der Waals surface area contributed by atoms with Crippen molar-refractivity contribution in [2.75, 3.05) is 0 Å². The molecule has 1 unspecified atom stereocenters. The molecule has 1 atom stereocenters. The maximum absolute atomic E-state index is 10.2. The number of ether oxygens (including phenoxy) is 1. The molecular formula is C12H16O2. The van der Waals surface area contributed by atoms with Crippen molar-refractivity contribution < 1.29 is 9.53 Å². The maximum atomic E-state index is 10.2. The number of hydrogen-bond donors (Lipinski definition) is 0. The summed E-state index contributed by atoms with van der Waals surface area (Å²) in [7, 11) is 0. The standard InChI is InChI=1S/C12H16O2/c1-9-4-5-12(8-10(9)2)14-11(3)6-7-13/h4-5,7-8,11H,6H2,1-3H3. The third-order valence-corrected chi connectivity index (χ3v) is 2.24. The van der Waals surface area contributed by atoms with E-state index in [1.807, 2.05) is 32.0 Å². The van der Waals surface area contributed by atoms with E-state index in [1.165, 1.54) is 11.1 Å². The van der Waals surface area contributed by atoms with Crippen LogP contribution in [0.2, 0.25) is 0 Å². The highest BCUT2D eigenvalue weighted by Crippen LogP contribution is 2.17. The van der Waals surface area contributed by atoms with Crippen LogP contribution in [0.5, 0.6) is 5.75 Å². The highest BCUT2D eigenvalue weighted by molar-refractivity contribution is 5.50. The summed E-state index contributed by atoms with van der Waals surface area (Å²) in [6.45, 7) is 6.00. The van der Waals surface area contributed by atoms with Gasteiger partial charge in [-0.2, -0.15) is 0 Å². The second-order valence-corrected chi connectivity index (χ2v) is 3.58. The van der Waals surface area contributed by atoms with Crippen LogP contribution in [0.4, 0.5) is 0 Å². The lowest BCUT2D eigenvalue weighted by atomic mass is 10.1. The molecule has 0 aliphatic heterocycles. The van der Waals surface area contributed by atoms with E-state index in [0.717, 1.165) is 12.0 Å². The van der Waals surface area contributed by atoms with Crippen LogP contribution in [0.1, 0.15) is 24.5 Å². The van der Waals surface area contributed by atoms with E-state index >= 15 is 0 Å². The molecule has 0 spiro atoms. The van der Waals surface area contributed by atoms with Crippen LogP contribution in [0.15, 0.2) is 18.2 Å². The molecular weight excluding hydrogens is 176 g/mol. The smallest absolute Gasteiger partial charge is 0.123 e. The van der Waals surface area contributed by atoms with Gasteiger partial charge in [-0.1, -0.05) is 6.07 Å². The molecule has 2 heteroatoms. The average Bonchev–Trinajstić information content (AvgIpc) is 2.12. The number of rotatable bonds is 4. The Bertz CT molecular complexity index is 318. The van der Waals surface area contributed by atoms with Gasteiger partial charge in [-0.25, -0.2) is 0 Å². The van der Waals surface area contributed by atoms with Gasteiger partial charge in [0, 0.05) is 6.42 Å². The van der Waals surface area contributed by atoms with Gasteiger partial charge in [0.05, 0.1) is 0 Å². The summed E-state index contributed by atoms with van der Waals surface area (Å²) in [5.41, 5.74) is 2.46. The number of carbonyl (C=O) groups is 1. The summed E-state index contributed by atoms with van der Waals surface area (Å²) in [5, 5.41) is 0. The first kappa shape index (κ1) is 10.8. The molecule has 2 nitrogen and oxygen atoms in total. The van der Waals surface area contributed by atoms with Crippen molar-refractivity contribution >= 4 is 6.29 Å². The number of hydrogen-bond acceptors (Lipinski definition) is 2. The van der Waals surface area contributed by atoms with Crippen molar-refractivity contribution in [3.8, 4) is 5.75 Å². The fourth-order valence-corrected chi connectivity index (χ4v) is 1.20. The Morgan fingerprint density at radius 1 is 1.36 bits per heavy atom. The van der Waals surface area contributed by atoms with Crippen molar-refractivity contribution in [1.82, 2.24) is 0 Å². The number of aryl methyl sites for hydroxylation is 2. The Labute approximate surface area is 84.9 Å². The molecule has 14 heavy (non-hydrogen) atoms. The van der Waals surface area contributed by atoms with Gasteiger partial charge < -0.3 is 9.53 Å². The van der Waals surface area contributed by atoms with Crippen molar-refractivity contribution in [2.45, 2.75) is 33.3 Å². The summed E-state index contributed by atoms with van der Waals surface area (Å²) in [6, 6.07) is 5.96. The summed E-state index contributed by atoms with van der Waals surface area (Å²) in [6.07, 6.45) is 1.27. The summed E-state index contributed by atoms with van der Waals surface area (Å²) in [5.74, 6) is 0.836. The minimum Gasteiger partial charge on any atom is -0.490 e. The normalized spacial score (nSPS) is 12.2. The van der Waals surface area contributed by atoms with Gasteiger partial charge in [0.1, 0.15) is 18.1 Å². The van der Waals surface area contributed by atoms with E-state index in [0.29, 0.717) is 6.42 Å². The highest BCUT2D eigenvalue weighted by Gasteiger charge is 2.03. The van der Waals surface area contributed by atoms with Crippen molar-refractivity contribution in [1.29, 1.82) is 0 Å².